The van der Waals surface area contributed by atoms with Crippen LogP contribution < -0.4 is 16.0 Å². The first-order valence-electron chi connectivity index (χ1n) is 14.2. The Balaban J connectivity index is 1.34. The number of nitrogens with zero attached hydrogens (tertiary/aromatic N) is 5. The number of anilines is 3. The molecule has 41 heavy (non-hydrogen) atoms. The van der Waals surface area contributed by atoms with Crippen LogP contribution in [0.3, 0.4) is 0 Å². The Labute approximate surface area is 238 Å². The average Bonchev–Trinajstić information content (AvgIpc) is 3.40. The highest BCUT2D eigenvalue weighted by molar-refractivity contribution is 5.99. The monoisotopic (exact) mass is 564 g/mol. The highest BCUT2D eigenvalue weighted by atomic mass is 19.1. The summed E-state index contributed by atoms with van der Waals surface area (Å²) in [5.41, 5.74) is 2.61. The van der Waals surface area contributed by atoms with Gasteiger partial charge in [-0.1, -0.05) is 20.4 Å². The number of piperidine rings is 1. The molecule has 0 saturated carbocycles. The Bertz CT molecular complexity index is 1420. The first-order valence-corrected chi connectivity index (χ1v) is 14.2. The standard InChI is InChI=1S/C29H37FN8O3/c1-4-25(39)37-10-6-5-7-24(37)27(40)33-22-14-19(13-20(30)15-22)16-31-29-36-28(34-21-8-11-41-12-9-21)35-26-23(18(2)3)17-32-38(26)29/h4,13-15,17-18,21,24H,1,5-12,16H2,2-3H3,(H,33,40)(H2,31,34,35,36). The molecule has 4 heterocycles. The molecule has 2 fully saturated rings. The zero-order valence-electron chi connectivity index (χ0n) is 23.5. The molecule has 2 saturated heterocycles. The van der Waals surface area contributed by atoms with Gasteiger partial charge in [-0.15, -0.1) is 0 Å². The second-order valence-corrected chi connectivity index (χ2v) is 10.8. The fourth-order valence-electron chi connectivity index (χ4n) is 5.32. The zero-order valence-corrected chi connectivity index (χ0v) is 23.5. The number of benzene rings is 1. The number of hydrogen-bond acceptors (Lipinski definition) is 8. The van der Waals surface area contributed by atoms with Crippen LogP contribution in [-0.4, -0.2) is 68.1 Å². The van der Waals surface area contributed by atoms with Crippen molar-refractivity contribution in [3.8, 4) is 0 Å². The van der Waals surface area contributed by atoms with Crippen molar-refractivity contribution in [3.05, 3.63) is 54.0 Å². The highest BCUT2D eigenvalue weighted by Crippen LogP contribution is 2.25. The third-order valence-electron chi connectivity index (χ3n) is 7.51. The number of fused-ring (bicyclic) bond motifs is 1. The summed E-state index contributed by atoms with van der Waals surface area (Å²) in [5.74, 6) is 0.0545. The molecule has 3 N–H and O–H groups in total. The Morgan fingerprint density at radius 1 is 1.17 bits per heavy atom. The van der Waals surface area contributed by atoms with E-state index in [0.717, 1.165) is 31.2 Å². The van der Waals surface area contributed by atoms with Gasteiger partial charge >= 0.3 is 0 Å². The van der Waals surface area contributed by atoms with Crippen LogP contribution >= 0.6 is 0 Å². The van der Waals surface area contributed by atoms with Gasteiger partial charge in [0.1, 0.15) is 11.9 Å². The fraction of sp³-hybridized carbons (Fsp3) is 0.483. The molecule has 12 heteroatoms. The minimum Gasteiger partial charge on any atom is -0.381 e. The van der Waals surface area contributed by atoms with Crippen LogP contribution in [0.2, 0.25) is 0 Å². The first kappa shape index (κ1) is 28.5. The van der Waals surface area contributed by atoms with Gasteiger partial charge in [0.15, 0.2) is 5.65 Å². The summed E-state index contributed by atoms with van der Waals surface area (Å²) in [6.07, 6.45) is 6.96. The molecule has 11 nitrogen and oxygen atoms in total. The number of amides is 2. The number of nitrogens with one attached hydrogen (secondary N) is 3. The number of aromatic nitrogens is 4. The second-order valence-electron chi connectivity index (χ2n) is 10.8. The van der Waals surface area contributed by atoms with E-state index in [9.17, 15) is 14.0 Å². The molecular formula is C29H37FN8O3. The molecule has 218 valence electrons. The van der Waals surface area contributed by atoms with E-state index in [-0.39, 0.29) is 30.3 Å². The molecule has 1 unspecified atom stereocenters. The van der Waals surface area contributed by atoms with Gasteiger partial charge in [0.05, 0.1) is 6.20 Å². The maximum Gasteiger partial charge on any atom is 0.247 e. The lowest BCUT2D eigenvalue weighted by atomic mass is 10.0. The van der Waals surface area contributed by atoms with Crippen molar-refractivity contribution in [1.82, 2.24) is 24.5 Å². The summed E-state index contributed by atoms with van der Waals surface area (Å²) in [4.78, 5) is 36.3. The van der Waals surface area contributed by atoms with Crippen molar-refractivity contribution < 1.29 is 18.7 Å². The van der Waals surface area contributed by atoms with E-state index in [2.05, 4.69) is 46.5 Å². The van der Waals surface area contributed by atoms with Crippen LogP contribution in [-0.2, 0) is 20.9 Å². The molecule has 2 amide bonds. The number of ether oxygens (including phenoxy) is 1. The highest BCUT2D eigenvalue weighted by Gasteiger charge is 2.31. The van der Waals surface area contributed by atoms with Crippen LogP contribution in [0.1, 0.15) is 63.0 Å². The lowest BCUT2D eigenvalue weighted by Crippen LogP contribution is -2.49. The van der Waals surface area contributed by atoms with Crippen molar-refractivity contribution in [2.45, 2.75) is 70.5 Å². The van der Waals surface area contributed by atoms with E-state index in [1.54, 1.807) is 16.8 Å². The number of likely N-dealkylation sites (tertiary alicyclic amines) is 1. The van der Waals surface area contributed by atoms with Gasteiger partial charge < -0.3 is 25.6 Å². The Hall–Kier alpha value is -4.06. The SMILES string of the molecule is C=CC(=O)N1CCCCC1C(=O)Nc1cc(F)cc(CNc2nc(NC3CCOCC3)nc3c(C(C)C)cnn23)c1. The molecule has 2 aromatic heterocycles. The van der Waals surface area contributed by atoms with E-state index in [4.69, 9.17) is 9.72 Å². The normalized spacial score (nSPS) is 18.0. The Morgan fingerprint density at radius 2 is 1.98 bits per heavy atom. The topological polar surface area (TPSA) is 126 Å². The van der Waals surface area contributed by atoms with Gasteiger partial charge in [0, 0.05) is 43.6 Å². The number of hydrogen-bond donors (Lipinski definition) is 3. The third kappa shape index (κ3) is 6.64. The maximum absolute atomic E-state index is 14.7. The molecular weight excluding hydrogens is 527 g/mol. The van der Waals surface area contributed by atoms with Crippen molar-refractivity contribution in [1.29, 1.82) is 0 Å². The van der Waals surface area contributed by atoms with E-state index in [0.29, 0.717) is 55.0 Å². The van der Waals surface area contributed by atoms with Crippen LogP contribution in [0.5, 0.6) is 0 Å². The van der Waals surface area contributed by atoms with Gasteiger partial charge in [0.2, 0.25) is 23.7 Å². The average molecular weight is 565 g/mol. The number of rotatable bonds is 9. The summed E-state index contributed by atoms with van der Waals surface area (Å²) in [5, 5.41) is 14.0. The third-order valence-corrected chi connectivity index (χ3v) is 7.51. The minimum atomic E-state index is -0.620. The van der Waals surface area contributed by atoms with E-state index < -0.39 is 11.9 Å². The Kier molecular flexibility index (Phi) is 8.77. The van der Waals surface area contributed by atoms with Crippen LogP contribution in [0, 0.1) is 5.82 Å². The molecule has 0 radical (unpaired) electrons. The smallest absolute Gasteiger partial charge is 0.247 e. The molecule has 2 aliphatic rings. The minimum absolute atomic E-state index is 0.209. The lowest BCUT2D eigenvalue weighted by molar-refractivity contribution is -0.136. The van der Waals surface area contributed by atoms with Crippen LogP contribution in [0.25, 0.3) is 5.65 Å². The van der Waals surface area contributed by atoms with E-state index in [1.807, 2.05) is 0 Å². The molecule has 5 rings (SSSR count). The predicted molar refractivity (Wildman–Crippen MR) is 154 cm³/mol. The maximum atomic E-state index is 14.7. The largest absolute Gasteiger partial charge is 0.381 e. The first-order chi connectivity index (χ1) is 19.8. The number of carbonyl (C=O) groups is 2. The van der Waals surface area contributed by atoms with Crippen molar-refractivity contribution >= 4 is 35.0 Å². The molecule has 0 spiro atoms. The van der Waals surface area contributed by atoms with Gasteiger partial charge in [-0.25, -0.2) is 4.39 Å². The second kappa shape index (κ2) is 12.6. The van der Waals surface area contributed by atoms with Crippen LogP contribution in [0.15, 0.2) is 37.1 Å². The molecule has 1 aromatic carbocycles. The molecule has 0 aliphatic carbocycles. The predicted octanol–water partition coefficient (Wildman–Crippen LogP) is 4.10. The van der Waals surface area contributed by atoms with Crippen molar-refractivity contribution in [2.24, 2.45) is 0 Å². The summed E-state index contributed by atoms with van der Waals surface area (Å²) in [6.45, 7) is 9.81. The van der Waals surface area contributed by atoms with Gasteiger partial charge in [-0.3, -0.25) is 9.59 Å². The van der Waals surface area contributed by atoms with Gasteiger partial charge in [0.25, 0.3) is 0 Å². The Morgan fingerprint density at radius 3 is 2.73 bits per heavy atom. The quantitative estimate of drug-likeness (QED) is 0.332. The summed E-state index contributed by atoms with van der Waals surface area (Å²) >= 11 is 0. The van der Waals surface area contributed by atoms with Crippen molar-refractivity contribution in [3.63, 3.8) is 0 Å². The van der Waals surface area contributed by atoms with Crippen LogP contribution in [0.4, 0.5) is 22.0 Å². The van der Waals surface area contributed by atoms with E-state index >= 15 is 0 Å². The summed E-state index contributed by atoms with van der Waals surface area (Å²) < 4.78 is 21.8. The van der Waals surface area contributed by atoms with E-state index in [1.165, 1.54) is 23.1 Å². The molecule has 1 atom stereocenters. The van der Waals surface area contributed by atoms with Crippen molar-refractivity contribution in [2.75, 3.05) is 35.7 Å². The molecule has 3 aromatic rings. The molecule has 2 aliphatic heterocycles. The molecule has 0 bridgehead atoms. The number of carbonyl (C=O) groups excluding carboxylic acids is 2. The number of halogens is 1. The zero-order chi connectivity index (χ0) is 28.9. The lowest BCUT2D eigenvalue weighted by Gasteiger charge is -2.34. The van der Waals surface area contributed by atoms with Gasteiger partial charge in [-0.2, -0.15) is 19.6 Å². The fourth-order valence-corrected chi connectivity index (χ4v) is 5.32. The summed E-state index contributed by atoms with van der Waals surface area (Å²) in [7, 11) is 0. The summed E-state index contributed by atoms with van der Waals surface area (Å²) in [6, 6.07) is 3.97. The van der Waals surface area contributed by atoms with Gasteiger partial charge in [-0.05, 0) is 67.9 Å².